The Kier molecular flexibility index (Phi) is 5.33. The number of ether oxygens (including phenoxy) is 2. The van der Waals surface area contributed by atoms with Crippen molar-refractivity contribution in [2.45, 2.75) is 38.0 Å². The number of rotatable bonds is 5. The van der Waals surface area contributed by atoms with Gasteiger partial charge < -0.3 is 19.3 Å². The third-order valence-electron chi connectivity index (χ3n) is 6.51. The van der Waals surface area contributed by atoms with Crippen LogP contribution in [0.1, 0.15) is 47.4 Å². The van der Waals surface area contributed by atoms with E-state index in [4.69, 9.17) is 14.0 Å². The van der Waals surface area contributed by atoms with Crippen LogP contribution in [0.3, 0.4) is 0 Å². The number of halogens is 1. The second kappa shape index (κ2) is 8.30. The second-order valence-electron chi connectivity index (χ2n) is 8.50. The van der Waals surface area contributed by atoms with Crippen molar-refractivity contribution in [3.05, 3.63) is 65.2 Å². The van der Waals surface area contributed by atoms with Gasteiger partial charge in [-0.2, -0.15) is 0 Å². The van der Waals surface area contributed by atoms with Gasteiger partial charge in [-0.25, -0.2) is 4.39 Å². The van der Waals surface area contributed by atoms with Gasteiger partial charge in [-0.05, 0) is 61.7 Å². The van der Waals surface area contributed by atoms with Crippen molar-refractivity contribution in [3.8, 4) is 22.8 Å². The van der Waals surface area contributed by atoms with E-state index in [-0.39, 0.29) is 17.1 Å². The van der Waals surface area contributed by atoms with Crippen LogP contribution in [0.15, 0.2) is 47.0 Å². The summed E-state index contributed by atoms with van der Waals surface area (Å²) in [5.74, 6) is 1.37. The Morgan fingerprint density at radius 2 is 1.78 bits per heavy atom. The zero-order chi connectivity index (χ0) is 22.1. The summed E-state index contributed by atoms with van der Waals surface area (Å²) < 4.78 is 30.1. The van der Waals surface area contributed by atoms with E-state index in [0.717, 1.165) is 42.7 Å². The van der Waals surface area contributed by atoms with Crippen molar-refractivity contribution >= 4 is 5.91 Å². The molecule has 1 aliphatic carbocycles. The van der Waals surface area contributed by atoms with E-state index in [1.54, 1.807) is 19.1 Å². The first kappa shape index (κ1) is 20.5. The van der Waals surface area contributed by atoms with Gasteiger partial charge in [0.15, 0.2) is 11.5 Å². The Morgan fingerprint density at radius 1 is 1.06 bits per heavy atom. The number of hydrogen-bond acceptors (Lipinski definition) is 5. The molecule has 2 heterocycles. The summed E-state index contributed by atoms with van der Waals surface area (Å²) in [6.07, 6.45) is 4.19. The van der Waals surface area contributed by atoms with Gasteiger partial charge in [-0.1, -0.05) is 24.1 Å². The van der Waals surface area contributed by atoms with Gasteiger partial charge in [-0.15, -0.1) is 0 Å². The number of carbonyl (C=O) groups excluding carboxylic acids is 1. The topological polar surface area (TPSA) is 73.6 Å². The Hall–Kier alpha value is -3.35. The molecule has 5 rings (SSSR count). The lowest BCUT2D eigenvalue weighted by Gasteiger charge is -2.31. The highest BCUT2D eigenvalue weighted by molar-refractivity contribution is 6.00. The third kappa shape index (κ3) is 3.72. The maximum Gasteiger partial charge on any atom is 0.257 e. The van der Waals surface area contributed by atoms with Gasteiger partial charge in [-0.3, -0.25) is 4.79 Å². The van der Waals surface area contributed by atoms with Gasteiger partial charge in [0, 0.05) is 17.5 Å². The average Bonchev–Trinajstić information content (AvgIpc) is 3.45. The monoisotopic (exact) mass is 436 g/mol. The molecule has 1 N–H and O–H groups in total. The van der Waals surface area contributed by atoms with Crippen LogP contribution in [-0.2, 0) is 5.41 Å². The summed E-state index contributed by atoms with van der Waals surface area (Å²) in [4.78, 5) is 13.2. The fourth-order valence-electron chi connectivity index (χ4n) is 4.77. The highest BCUT2D eigenvalue weighted by Gasteiger charge is 2.37. The van der Waals surface area contributed by atoms with Gasteiger partial charge >= 0.3 is 0 Å². The Labute approximate surface area is 185 Å². The van der Waals surface area contributed by atoms with E-state index >= 15 is 0 Å². The van der Waals surface area contributed by atoms with Crippen molar-refractivity contribution in [2.75, 3.05) is 19.8 Å². The number of carbonyl (C=O) groups is 1. The molecule has 1 amide bonds. The molecule has 2 aliphatic rings. The van der Waals surface area contributed by atoms with E-state index in [0.29, 0.717) is 42.3 Å². The standard InChI is InChI=1S/C25H25FN2O4/c1-16-22(23(28-32-16)17-4-7-19(26)8-5-17)24(29)27-15-25(10-2-3-11-25)18-6-9-20-21(14-18)31-13-12-30-20/h4-9,14H,2-3,10-13,15H2,1H3,(H,27,29). The van der Waals surface area contributed by atoms with Crippen LogP contribution in [0.25, 0.3) is 11.3 Å². The minimum atomic E-state index is -0.345. The molecule has 0 atom stereocenters. The number of hydrogen-bond donors (Lipinski definition) is 1. The Morgan fingerprint density at radius 3 is 2.53 bits per heavy atom. The molecule has 2 aromatic carbocycles. The first-order chi connectivity index (χ1) is 15.6. The van der Waals surface area contributed by atoms with Crippen molar-refractivity contribution in [1.29, 1.82) is 0 Å². The van der Waals surface area contributed by atoms with Crippen molar-refractivity contribution in [3.63, 3.8) is 0 Å². The molecule has 1 aliphatic heterocycles. The number of benzene rings is 2. The summed E-state index contributed by atoms with van der Waals surface area (Å²) in [5.41, 5.74) is 2.43. The van der Waals surface area contributed by atoms with E-state index in [1.807, 2.05) is 6.07 Å². The molecule has 0 bridgehead atoms. The van der Waals surface area contributed by atoms with Gasteiger partial charge in [0.25, 0.3) is 5.91 Å². The molecule has 1 fully saturated rings. The van der Waals surface area contributed by atoms with Crippen LogP contribution >= 0.6 is 0 Å². The summed E-state index contributed by atoms with van der Waals surface area (Å²) in [6, 6.07) is 12.0. The fourth-order valence-corrected chi connectivity index (χ4v) is 4.77. The molecule has 1 aromatic heterocycles. The fraction of sp³-hybridized carbons (Fsp3) is 0.360. The van der Waals surface area contributed by atoms with Crippen LogP contribution in [0, 0.1) is 12.7 Å². The molecule has 7 heteroatoms. The number of aryl methyl sites for hydroxylation is 1. The molecule has 0 radical (unpaired) electrons. The zero-order valence-corrected chi connectivity index (χ0v) is 17.9. The van der Waals surface area contributed by atoms with Crippen LogP contribution in [0.4, 0.5) is 4.39 Å². The smallest absolute Gasteiger partial charge is 0.257 e. The lowest BCUT2D eigenvalue weighted by molar-refractivity contribution is 0.0942. The first-order valence-corrected chi connectivity index (χ1v) is 11.0. The molecule has 0 spiro atoms. The number of fused-ring (bicyclic) bond motifs is 1. The Balaban J connectivity index is 1.39. The van der Waals surface area contributed by atoms with E-state index in [1.165, 1.54) is 12.1 Å². The lowest BCUT2D eigenvalue weighted by Crippen LogP contribution is -2.39. The minimum absolute atomic E-state index is 0.160. The largest absolute Gasteiger partial charge is 0.486 e. The maximum atomic E-state index is 13.3. The van der Waals surface area contributed by atoms with Crippen molar-refractivity contribution in [2.24, 2.45) is 0 Å². The zero-order valence-electron chi connectivity index (χ0n) is 17.9. The third-order valence-corrected chi connectivity index (χ3v) is 6.51. The lowest BCUT2D eigenvalue weighted by atomic mass is 9.78. The quantitative estimate of drug-likeness (QED) is 0.622. The molecule has 166 valence electrons. The van der Waals surface area contributed by atoms with E-state index < -0.39 is 0 Å². The number of aromatic nitrogens is 1. The van der Waals surface area contributed by atoms with Crippen LogP contribution in [0.5, 0.6) is 11.5 Å². The predicted molar refractivity (Wildman–Crippen MR) is 117 cm³/mol. The van der Waals surface area contributed by atoms with Gasteiger partial charge in [0.2, 0.25) is 0 Å². The first-order valence-electron chi connectivity index (χ1n) is 11.0. The number of amides is 1. The average molecular weight is 436 g/mol. The molecule has 3 aromatic rings. The summed E-state index contributed by atoms with van der Waals surface area (Å²) >= 11 is 0. The van der Waals surface area contributed by atoms with E-state index in [9.17, 15) is 9.18 Å². The minimum Gasteiger partial charge on any atom is -0.486 e. The normalized spacial score (nSPS) is 16.7. The van der Waals surface area contributed by atoms with Crippen molar-refractivity contribution < 1.29 is 23.2 Å². The Bertz CT molecular complexity index is 1130. The molecular formula is C25H25FN2O4. The SMILES string of the molecule is Cc1onc(-c2ccc(F)cc2)c1C(=O)NCC1(c2ccc3c(c2)OCCO3)CCCC1. The van der Waals surface area contributed by atoms with Crippen molar-refractivity contribution in [1.82, 2.24) is 10.5 Å². The highest BCUT2D eigenvalue weighted by atomic mass is 19.1. The van der Waals surface area contributed by atoms with Gasteiger partial charge in [0.1, 0.15) is 36.0 Å². The summed E-state index contributed by atoms with van der Waals surface area (Å²) in [7, 11) is 0. The molecule has 0 unspecified atom stereocenters. The van der Waals surface area contributed by atoms with Crippen LogP contribution in [-0.4, -0.2) is 30.8 Å². The summed E-state index contributed by atoms with van der Waals surface area (Å²) in [5, 5.41) is 7.18. The number of nitrogens with one attached hydrogen (secondary N) is 1. The molecule has 6 nitrogen and oxygen atoms in total. The van der Waals surface area contributed by atoms with Crippen LogP contribution < -0.4 is 14.8 Å². The number of nitrogens with zero attached hydrogens (tertiary/aromatic N) is 1. The molecule has 32 heavy (non-hydrogen) atoms. The highest BCUT2D eigenvalue weighted by Crippen LogP contribution is 2.44. The second-order valence-corrected chi connectivity index (χ2v) is 8.50. The molecule has 0 saturated heterocycles. The predicted octanol–water partition coefficient (Wildman–Crippen LogP) is 4.80. The molecule has 1 saturated carbocycles. The maximum absolute atomic E-state index is 13.3. The molecular weight excluding hydrogens is 411 g/mol. The van der Waals surface area contributed by atoms with Crippen LogP contribution in [0.2, 0.25) is 0 Å². The van der Waals surface area contributed by atoms with E-state index in [2.05, 4.69) is 22.6 Å². The van der Waals surface area contributed by atoms with Gasteiger partial charge in [0.05, 0.1) is 0 Å². The summed E-state index contributed by atoms with van der Waals surface area (Å²) in [6.45, 7) is 3.31.